The second kappa shape index (κ2) is 3.68. The van der Waals surface area contributed by atoms with Gasteiger partial charge in [-0.3, -0.25) is 4.99 Å². The molecule has 0 unspecified atom stereocenters. The molecule has 1 fully saturated rings. The summed E-state index contributed by atoms with van der Waals surface area (Å²) in [6.45, 7) is 3.42. The van der Waals surface area contributed by atoms with Gasteiger partial charge in [0.15, 0.2) is 0 Å². The first-order chi connectivity index (χ1) is 6.83. The van der Waals surface area contributed by atoms with Crippen molar-refractivity contribution >= 4 is 5.84 Å². The molecule has 5 nitrogen and oxygen atoms in total. The summed E-state index contributed by atoms with van der Waals surface area (Å²) in [5.41, 5.74) is 6.78. The van der Waals surface area contributed by atoms with Crippen LogP contribution >= 0.6 is 0 Å². The van der Waals surface area contributed by atoms with Crippen LogP contribution in [0.15, 0.2) is 16.3 Å². The van der Waals surface area contributed by atoms with Crippen molar-refractivity contribution in [1.29, 1.82) is 5.26 Å². The summed E-state index contributed by atoms with van der Waals surface area (Å²) in [5, 5.41) is 8.91. The fraction of sp³-hybridized carbons (Fsp3) is 0.556. The second-order valence-corrected chi connectivity index (χ2v) is 3.25. The zero-order chi connectivity index (χ0) is 9.97. The molecule has 0 aromatic heterocycles. The molecular weight excluding hydrogens is 180 g/mol. The van der Waals surface area contributed by atoms with E-state index in [1.165, 1.54) is 0 Å². The van der Waals surface area contributed by atoms with E-state index >= 15 is 0 Å². The molecule has 1 saturated heterocycles. The number of ether oxygens (including phenoxy) is 1. The molecule has 0 bridgehead atoms. The summed E-state index contributed by atoms with van der Waals surface area (Å²) in [6.07, 6.45) is 0. The monoisotopic (exact) mass is 192 g/mol. The van der Waals surface area contributed by atoms with Crippen LogP contribution in [0, 0.1) is 11.3 Å². The van der Waals surface area contributed by atoms with Crippen molar-refractivity contribution in [3.8, 4) is 6.07 Å². The third-order valence-electron chi connectivity index (χ3n) is 2.37. The smallest absolute Gasteiger partial charge is 0.144 e. The van der Waals surface area contributed by atoms with Crippen molar-refractivity contribution < 1.29 is 4.74 Å². The quantitative estimate of drug-likeness (QED) is 0.559. The molecule has 0 saturated carbocycles. The van der Waals surface area contributed by atoms with Gasteiger partial charge in [0.2, 0.25) is 0 Å². The lowest BCUT2D eigenvalue weighted by Crippen LogP contribution is -2.41. The molecule has 0 aliphatic carbocycles. The lowest BCUT2D eigenvalue weighted by molar-refractivity contribution is 0.0683. The van der Waals surface area contributed by atoms with Gasteiger partial charge in [0.05, 0.1) is 25.5 Å². The molecule has 0 spiro atoms. The molecule has 0 atom stereocenters. The highest BCUT2D eigenvalue weighted by Gasteiger charge is 2.24. The first-order valence-electron chi connectivity index (χ1n) is 4.59. The minimum Gasteiger partial charge on any atom is -0.399 e. The van der Waals surface area contributed by atoms with E-state index in [0.717, 1.165) is 18.9 Å². The molecule has 0 amide bonds. The minimum absolute atomic E-state index is 0.454. The summed E-state index contributed by atoms with van der Waals surface area (Å²) in [4.78, 5) is 6.32. The van der Waals surface area contributed by atoms with Crippen molar-refractivity contribution in [3.05, 3.63) is 11.3 Å². The zero-order valence-corrected chi connectivity index (χ0v) is 7.86. The van der Waals surface area contributed by atoms with Crippen LogP contribution in [0.5, 0.6) is 0 Å². The number of hydrogen-bond donors (Lipinski definition) is 1. The van der Waals surface area contributed by atoms with E-state index in [0.29, 0.717) is 31.0 Å². The number of nitriles is 1. The predicted octanol–water partition coefficient (Wildman–Crippen LogP) is -0.533. The predicted molar refractivity (Wildman–Crippen MR) is 51.5 cm³/mol. The van der Waals surface area contributed by atoms with Crippen LogP contribution in [0.4, 0.5) is 0 Å². The molecule has 74 valence electrons. The maximum absolute atomic E-state index is 8.91. The summed E-state index contributed by atoms with van der Waals surface area (Å²) in [5.74, 6) is 0.744. The van der Waals surface area contributed by atoms with Gasteiger partial charge in [-0.05, 0) is 0 Å². The number of rotatable bonds is 0. The zero-order valence-electron chi connectivity index (χ0n) is 7.86. The van der Waals surface area contributed by atoms with Crippen molar-refractivity contribution in [2.24, 2.45) is 10.7 Å². The lowest BCUT2D eigenvalue weighted by atomic mass is 10.2. The molecule has 2 aliphatic rings. The van der Waals surface area contributed by atoms with Gasteiger partial charge in [-0.2, -0.15) is 5.26 Å². The highest BCUT2D eigenvalue weighted by atomic mass is 16.5. The Kier molecular flexibility index (Phi) is 2.37. The summed E-state index contributed by atoms with van der Waals surface area (Å²) < 4.78 is 5.23. The Hall–Kier alpha value is -1.54. The fourth-order valence-electron chi connectivity index (χ4n) is 1.62. The van der Waals surface area contributed by atoms with Crippen molar-refractivity contribution in [2.45, 2.75) is 0 Å². The summed E-state index contributed by atoms with van der Waals surface area (Å²) in [7, 11) is 0. The number of hydrogen-bond acceptors (Lipinski definition) is 5. The molecule has 0 aromatic rings. The maximum Gasteiger partial charge on any atom is 0.144 e. The Bertz CT molecular complexity index is 333. The average Bonchev–Trinajstić information content (AvgIpc) is 2.61. The molecule has 2 rings (SSSR count). The van der Waals surface area contributed by atoms with E-state index in [2.05, 4.69) is 16.0 Å². The Labute approximate surface area is 82.5 Å². The number of nitrogens with two attached hydrogens (primary N) is 1. The van der Waals surface area contributed by atoms with Crippen LogP contribution in [0.1, 0.15) is 0 Å². The standard InChI is InChI=1S/C9H12N4O/c10-5-7-8(11)6-12-9(7)13-1-3-14-4-2-13/h1-4,6,11H2. The average molecular weight is 192 g/mol. The topological polar surface area (TPSA) is 74.6 Å². The Balaban J connectivity index is 2.15. The molecule has 0 radical (unpaired) electrons. The summed E-state index contributed by atoms with van der Waals surface area (Å²) in [6, 6.07) is 2.10. The first-order valence-corrected chi connectivity index (χ1v) is 4.59. The molecule has 5 heteroatoms. The highest BCUT2D eigenvalue weighted by molar-refractivity contribution is 6.04. The van der Waals surface area contributed by atoms with E-state index in [1.54, 1.807) is 0 Å². The number of amidine groups is 1. The van der Waals surface area contributed by atoms with Crippen LogP contribution in [-0.4, -0.2) is 43.6 Å². The number of nitrogens with zero attached hydrogens (tertiary/aromatic N) is 3. The van der Waals surface area contributed by atoms with E-state index in [1.807, 2.05) is 0 Å². The van der Waals surface area contributed by atoms with Crippen LogP contribution < -0.4 is 5.73 Å². The SMILES string of the molecule is N#CC1=C(N)CN=C1N1CCOCC1. The van der Waals surface area contributed by atoms with E-state index < -0.39 is 0 Å². The van der Waals surface area contributed by atoms with Crippen LogP contribution in [-0.2, 0) is 4.74 Å². The molecular formula is C9H12N4O. The van der Waals surface area contributed by atoms with Crippen LogP contribution in [0.25, 0.3) is 0 Å². The fourth-order valence-corrected chi connectivity index (χ4v) is 1.62. The van der Waals surface area contributed by atoms with E-state index in [-0.39, 0.29) is 0 Å². The Morgan fingerprint density at radius 3 is 2.79 bits per heavy atom. The largest absolute Gasteiger partial charge is 0.399 e. The third kappa shape index (κ3) is 1.44. The molecule has 2 aliphatic heterocycles. The van der Waals surface area contributed by atoms with Crippen molar-refractivity contribution in [3.63, 3.8) is 0 Å². The van der Waals surface area contributed by atoms with Crippen LogP contribution in [0.3, 0.4) is 0 Å². The number of morpholine rings is 1. The van der Waals surface area contributed by atoms with E-state index in [4.69, 9.17) is 15.7 Å². The highest BCUT2D eigenvalue weighted by Crippen LogP contribution is 2.14. The molecule has 14 heavy (non-hydrogen) atoms. The van der Waals surface area contributed by atoms with Gasteiger partial charge in [-0.15, -0.1) is 0 Å². The third-order valence-corrected chi connectivity index (χ3v) is 2.37. The Morgan fingerprint density at radius 2 is 2.14 bits per heavy atom. The van der Waals surface area contributed by atoms with Gasteiger partial charge in [0.25, 0.3) is 0 Å². The molecule has 2 N–H and O–H groups in total. The Morgan fingerprint density at radius 1 is 1.43 bits per heavy atom. The van der Waals surface area contributed by atoms with Crippen molar-refractivity contribution in [1.82, 2.24) is 4.90 Å². The van der Waals surface area contributed by atoms with Crippen molar-refractivity contribution in [2.75, 3.05) is 32.8 Å². The molecule has 2 heterocycles. The van der Waals surface area contributed by atoms with E-state index in [9.17, 15) is 0 Å². The van der Waals surface area contributed by atoms with Gasteiger partial charge < -0.3 is 15.4 Å². The van der Waals surface area contributed by atoms with Gasteiger partial charge in [0.1, 0.15) is 17.5 Å². The normalized spacial score (nSPS) is 22.2. The minimum atomic E-state index is 0.454. The van der Waals surface area contributed by atoms with Gasteiger partial charge in [-0.25, -0.2) is 0 Å². The van der Waals surface area contributed by atoms with Crippen LogP contribution in [0.2, 0.25) is 0 Å². The van der Waals surface area contributed by atoms with Gasteiger partial charge in [0, 0.05) is 13.1 Å². The van der Waals surface area contributed by atoms with Gasteiger partial charge >= 0.3 is 0 Å². The maximum atomic E-state index is 8.91. The molecule has 0 aromatic carbocycles. The second-order valence-electron chi connectivity index (χ2n) is 3.25. The number of aliphatic imine (C=N–C) groups is 1. The van der Waals surface area contributed by atoms with Gasteiger partial charge in [-0.1, -0.05) is 0 Å². The lowest BCUT2D eigenvalue weighted by Gasteiger charge is -2.28. The first kappa shape index (κ1) is 9.03. The summed E-state index contributed by atoms with van der Waals surface area (Å²) >= 11 is 0.